The number of hydrogen-bond acceptors (Lipinski definition) is 5. The Morgan fingerprint density at radius 3 is 2.81 bits per heavy atom. The maximum atomic E-state index is 11.9. The standard InChI is InChI=1S/C8H10N4O3S/c13-4-3-11-5-8(10-7-11)16(14,15)12-2-1-9-6-12/h1-2,5-7,13H,3-4H2. The molecule has 86 valence electrons. The van der Waals surface area contributed by atoms with Gasteiger partial charge in [-0.2, -0.15) is 8.42 Å². The van der Waals surface area contributed by atoms with E-state index in [1.165, 1.54) is 35.8 Å². The van der Waals surface area contributed by atoms with E-state index in [1.54, 1.807) is 0 Å². The molecule has 0 spiro atoms. The lowest BCUT2D eigenvalue weighted by Gasteiger charge is -2.00. The van der Waals surface area contributed by atoms with Gasteiger partial charge in [0.25, 0.3) is 10.0 Å². The first-order valence-corrected chi connectivity index (χ1v) is 5.95. The Kier molecular flexibility index (Phi) is 2.75. The fraction of sp³-hybridized carbons (Fsp3) is 0.250. The smallest absolute Gasteiger partial charge is 0.287 e. The molecule has 7 nitrogen and oxygen atoms in total. The van der Waals surface area contributed by atoms with E-state index in [2.05, 4.69) is 9.97 Å². The third-order valence-corrected chi connectivity index (χ3v) is 3.50. The van der Waals surface area contributed by atoms with Crippen LogP contribution in [0.25, 0.3) is 0 Å². The van der Waals surface area contributed by atoms with Gasteiger partial charge >= 0.3 is 0 Å². The number of imidazole rings is 2. The van der Waals surface area contributed by atoms with Gasteiger partial charge in [-0.25, -0.2) is 13.9 Å². The molecule has 2 rings (SSSR count). The summed E-state index contributed by atoms with van der Waals surface area (Å²) in [7, 11) is -3.65. The van der Waals surface area contributed by atoms with Crippen LogP contribution in [0.1, 0.15) is 0 Å². The van der Waals surface area contributed by atoms with Gasteiger partial charge in [0.05, 0.1) is 12.9 Å². The fourth-order valence-corrected chi connectivity index (χ4v) is 2.27. The minimum atomic E-state index is -3.65. The number of aliphatic hydroxyl groups is 1. The molecule has 0 bridgehead atoms. The average molecular weight is 242 g/mol. The third-order valence-electron chi connectivity index (χ3n) is 1.99. The summed E-state index contributed by atoms with van der Waals surface area (Å²) >= 11 is 0. The molecule has 2 aromatic rings. The minimum Gasteiger partial charge on any atom is -0.395 e. The van der Waals surface area contributed by atoms with Crippen LogP contribution in [0, 0.1) is 0 Å². The van der Waals surface area contributed by atoms with E-state index >= 15 is 0 Å². The van der Waals surface area contributed by atoms with Gasteiger partial charge in [0.1, 0.15) is 6.33 Å². The summed E-state index contributed by atoms with van der Waals surface area (Å²) < 4.78 is 26.3. The van der Waals surface area contributed by atoms with E-state index in [0.29, 0.717) is 6.54 Å². The second-order valence-corrected chi connectivity index (χ2v) is 4.86. The van der Waals surface area contributed by atoms with Crippen LogP contribution in [0.15, 0.2) is 36.3 Å². The zero-order chi connectivity index (χ0) is 11.6. The molecule has 0 atom stereocenters. The van der Waals surface area contributed by atoms with Crippen molar-refractivity contribution >= 4 is 10.0 Å². The predicted octanol–water partition coefficient (Wildman–Crippen LogP) is -0.691. The highest BCUT2D eigenvalue weighted by atomic mass is 32.2. The van der Waals surface area contributed by atoms with Crippen LogP contribution in [0.3, 0.4) is 0 Å². The number of hydrogen-bond donors (Lipinski definition) is 1. The lowest BCUT2D eigenvalue weighted by atomic mass is 10.7. The highest BCUT2D eigenvalue weighted by Crippen LogP contribution is 2.09. The van der Waals surface area contributed by atoms with Gasteiger partial charge in [-0.05, 0) is 0 Å². The normalized spacial score (nSPS) is 11.8. The largest absolute Gasteiger partial charge is 0.395 e. The van der Waals surface area contributed by atoms with Crippen LogP contribution in [-0.2, 0) is 16.6 Å². The summed E-state index contributed by atoms with van der Waals surface area (Å²) in [6, 6.07) is 0. The second-order valence-electron chi connectivity index (χ2n) is 3.07. The Labute approximate surface area is 92.1 Å². The molecule has 0 saturated carbocycles. The summed E-state index contributed by atoms with van der Waals surface area (Å²) in [6.45, 7) is 0.243. The molecule has 0 aliphatic carbocycles. The van der Waals surface area contributed by atoms with Gasteiger partial charge in [-0.15, -0.1) is 0 Å². The zero-order valence-electron chi connectivity index (χ0n) is 8.26. The van der Waals surface area contributed by atoms with Crippen molar-refractivity contribution in [3.63, 3.8) is 0 Å². The van der Waals surface area contributed by atoms with Crippen molar-refractivity contribution in [2.24, 2.45) is 0 Å². The van der Waals surface area contributed by atoms with Gasteiger partial charge < -0.3 is 9.67 Å². The Bertz CT molecular complexity index is 558. The first-order chi connectivity index (χ1) is 7.64. The van der Waals surface area contributed by atoms with Crippen LogP contribution in [0.2, 0.25) is 0 Å². The van der Waals surface area contributed by atoms with Crippen molar-refractivity contribution in [1.29, 1.82) is 0 Å². The van der Waals surface area contributed by atoms with E-state index < -0.39 is 10.0 Å². The Hall–Kier alpha value is -1.67. The van der Waals surface area contributed by atoms with Crippen molar-refractivity contribution in [1.82, 2.24) is 18.5 Å². The fourth-order valence-electron chi connectivity index (χ4n) is 1.21. The van der Waals surface area contributed by atoms with Crippen LogP contribution in [-0.4, -0.2) is 38.6 Å². The molecule has 8 heteroatoms. The van der Waals surface area contributed by atoms with Gasteiger partial charge in [0, 0.05) is 25.1 Å². The van der Waals surface area contributed by atoms with Crippen LogP contribution in [0.5, 0.6) is 0 Å². The monoisotopic (exact) mass is 242 g/mol. The number of rotatable bonds is 4. The lowest BCUT2D eigenvalue weighted by molar-refractivity contribution is 0.276. The molecule has 0 aliphatic heterocycles. The number of aromatic nitrogens is 4. The Morgan fingerprint density at radius 2 is 2.19 bits per heavy atom. The van der Waals surface area contributed by atoms with Crippen molar-refractivity contribution in [2.75, 3.05) is 6.61 Å². The summed E-state index contributed by atoms with van der Waals surface area (Å²) in [5.41, 5.74) is 0. The SMILES string of the molecule is O=S(=O)(c1cn(CCO)cn1)n1ccnc1. The summed E-state index contributed by atoms with van der Waals surface area (Å²) in [4.78, 5) is 7.44. The topological polar surface area (TPSA) is 90.0 Å². The minimum absolute atomic E-state index is 0.0685. The lowest BCUT2D eigenvalue weighted by Crippen LogP contribution is -2.11. The van der Waals surface area contributed by atoms with Crippen molar-refractivity contribution in [3.8, 4) is 0 Å². The molecular weight excluding hydrogens is 232 g/mol. The molecule has 0 radical (unpaired) electrons. The molecule has 2 aromatic heterocycles. The Morgan fingerprint density at radius 1 is 1.38 bits per heavy atom. The van der Waals surface area contributed by atoms with E-state index in [1.807, 2.05) is 0 Å². The number of aliphatic hydroxyl groups excluding tert-OH is 1. The van der Waals surface area contributed by atoms with E-state index in [4.69, 9.17) is 5.11 Å². The molecular formula is C8H10N4O3S. The molecule has 0 aliphatic rings. The summed E-state index contributed by atoms with van der Waals surface area (Å²) in [6.07, 6.45) is 6.63. The van der Waals surface area contributed by atoms with E-state index in [-0.39, 0.29) is 11.6 Å². The first-order valence-electron chi connectivity index (χ1n) is 4.51. The molecule has 0 saturated heterocycles. The molecule has 2 heterocycles. The molecule has 0 amide bonds. The van der Waals surface area contributed by atoms with Crippen LogP contribution in [0.4, 0.5) is 0 Å². The third kappa shape index (κ3) is 1.84. The number of nitrogens with zero attached hydrogens (tertiary/aromatic N) is 4. The van der Waals surface area contributed by atoms with Gasteiger partial charge in [0.2, 0.25) is 0 Å². The maximum Gasteiger partial charge on any atom is 0.287 e. The van der Waals surface area contributed by atoms with Gasteiger partial charge in [-0.3, -0.25) is 0 Å². The molecule has 1 N–H and O–H groups in total. The molecule has 0 aromatic carbocycles. The van der Waals surface area contributed by atoms with Crippen LogP contribution >= 0.6 is 0 Å². The van der Waals surface area contributed by atoms with E-state index in [0.717, 1.165) is 3.97 Å². The zero-order valence-corrected chi connectivity index (χ0v) is 9.08. The van der Waals surface area contributed by atoms with Crippen LogP contribution < -0.4 is 0 Å². The molecule has 0 unspecified atom stereocenters. The highest BCUT2D eigenvalue weighted by Gasteiger charge is 2.18. The quantitative estimate of drug-likeness (QED) is 0.766. The van der Waals surface area contributed by atoms with E-state index in [9.17, 15) is 8.42 Å². The first kappa shape index (κ1) is 10.8. The summed E-state index contributed by atoms with van der Waals surface area (Å²) in [5, 5.41) is 8.63. The van der Waals surface area contributed by atoms with Crippen molar-refractivity contribution in [2.45, 2.75) is 11.6 Å². The van der Waals surface area contributed by atoms with Gasteiger partial charge in [0.15, 0.2) is 5.03 Å². The molecule has 0 fully saturated rings. The van der Waals surface area contributed by atoms with Gasteiger partial charge in [-0.1, -0.05) is 0 Å². The maximum absolute atomic E-state index is 11.9. The Balaban J connectivity index is 2.37. The molecule has 16 heavy (non-hydrogen) atoms. The van der Waals surface area contributed by atoms with Crippen molar-refractivity contribution < 1.29 is 13.5 Å². The highest BCUT2D eigenvalue weighted by molar-refractivity contribution is 7.89. The average Bonchev–Trinajstić information content (AvgIpc) is 2.88. The van der Waals surface area contributed by atoms with Crippen molar-refractivity contribution in [3.05, 3.63) is 31.2 Å². The second kappa shape index (κ2) is 4.06. The summed E-state index contributed by atoms with van der Waals surface area (Å²) in [5.74, 6) is 0. The predicted molar refractivity (Wildman–Crippen MR) is 54.1 cm³/mol.